The normalized spacial score (nSPS) is 16.6. The van der Waals surface area contributed by atoms with Gasteiger partial charge in [-0.15, -0.1) is 0 Å². The average molecular weight is 362 g/mol. The molecule has 1 saturated heterocycles. The zero-order chi connectivity index (χ0) is 17.8. The molecule has 2 aromatic rings. The molecule has 0 aliphatic carbocycles. The van der Waals surface area contributed by atoms with E-state index in [1.165, 1.54) is 19.3 Å². The van der Waals surface area contributed by atoms with E-state index in [0.29, 0.717) is 35.8 Å². The number of esters is 1. The summed E-state index contributed by atoms with van der Waals surface area (Å²) in [5.41, 5.74) is 0.527. The van der Waals surface area contributed by atoms with Gasteiger partial charge in [0.25, 0.3) is 5.91 Å². The van der Waals surface area contributed by atoms with Gasteiger partial charge in [-0.3, -0.25) is 9.59 Å². The third-order valence-electron chi connectivity index (χ3n) is 3.66. The quantitative estimate of drug-likeness (QED) is 0.614. The number of ether oxygens (including phenoxy) is 2. The Bertz CT molecular complexity index is 764. The minimum Gasteiger partial charge on any atom is -0.458 e. The van der Waals surface area contributed by atoms with Crippen molar-refractivity contribution in [1.82, 2.24) is 14.9 Å². The predicted molar refractivity (Wildman–Crippen MR) is 89.7 cm³/mol. The summed E-state index contributed by atoms with van der Waals surface area (Å²) >= 11 is 5.74. The number of rotatable bonds is 4. The number of benzene rings is 1. The van der Waals surface area contributed by atoms with Crippen molar-refractivity contribution in [2.75, 3.05) is 13.1 Å². The summed E-state index contributed by atoms with van der Waals surface area (Å²) in [6.45, 7) is 2.37. The Morgan fingerprint density at radius 2 is 1.88 bits per heavy atom. The fourth-order valence-electron chi connectivity index (χ4n) is 2.53. The van der Waals surface area contributed by atoms with Crippen molar-refractivity contribution in [3.63, 3.8) is 0 Å². The third-order valence-corrected chi connectivity index (χ3v) is 3.86. The molecule has 3 rings (SSSR count). The number of aromatic nitrogens is 2. The monoisotopic (exact) mass is 361 g/mol. The van der Waals surface area contributed by atoms with Gasteiger partial charge >= 0.3 is 12.0 Å². The molecule has 8 heteroatoms. The summed E-state index contributed by atoms with van der Waals surface area (Å²) in [5.74, 6) is -0.0907. The lowest BCUT2D eigenvalue weighted by Gasteiger charge is -2.17. The molecule has 130 valence electrons. The first kappa shape index (κ1) is 17.2. The minimum absolute atomic E-state index is 0.0995. The van der Waals surface area contributed by atoms with Crippen molar-refractivity contribution < 1.29 is 19.1 Å². The number of carbonyl (C=O) groups excluding carboxylic acids is 2. The number of nitrogens with zero attached hydrogens (tertiary/aromatic N) is 3. The molecular formula is C17H16ClN3O4. The highest BCUT2D eigenvalue weighted by atomic mass is 35.5. The van der Waals surface area contributed by atoms with E-state index >= 15 is 0 Å². The maximum absolute atomic E-state index is 12.5. The molecule has 1 atom stereocenters. The maximum atomic E-state index is 12.5. The van der Waals surface area contributed by atoms with Gasteiger partial charge in [-0.2, -0.15) is 0 Å². The van der Waals surface area contributed by atoms with E-state index < -0.39 is 5.97 Å². The van der Waals surface area contributed by atoms with Crippen molar-refractivity contribution in [3.05, 3.63) is 47.2 Å². The highest BCUT2D eigenvalue weighted by Gasteiger charge is 2.28. The molecule has 1 aromatic heterocycles. The Balaban J connectivity index is 1.58. The van der Waals surface area contributed by atoms with Crippen LogP contribution in [0.5, 0.6) is 11.8 Å². The predicted octanol–water partition coefficient (Wildman–Crippen LogP) is 2.35. The van der Waals surface area contributed by atoms with Gasteiger partial charge in [-0.25, -0.2) is 9.97 Å². The molecule has 0 N–H and O–H groups in total. The summed E-state index contributed by atoms with van der Waals surface area (Å²) in [6.07, 6.45) is 3.47. The van der Waals surface area contributed by atoms with Gasteiger partial charge in [-0.05, 0) is 24.3 Å². The van der Waals surface area contributed by atoms with E-state index in [9.17, 15) is 9.59 Å². The van der Waals surface area contributed by atoms with Crippen LogP contribution >= 0.6 is 11.6 Å². The average Bonchev–Trinajstić information content (AvgIpc) is 3.05. The van der Waals surface area contributed by atoms with E-state index in [1.54, 1.807) is 29.2 Å². The first-order valence-electron chi connectivity index (χ1n) is 7.73. The summed E-state index contributed by atoms with van der Waals surface area (Å²) in [7, 11) is 0. The van der Waals surface area contributed by atoms with Crippen LogP contribution in [0.25, 0.3) is 0 Å². The molecule has 25 heavy (non-hydrogen) atoms. The summed E-state index contributed by atoms with van der Waals surface area (Å²) in [6, 6.07) is 6.71. The molecule has 1 aliphatic rings. The molecular weight excluding hydrogens is 346 g/mol. The van der Waals surface area contributed by atoms with Crippen LogP contribution in [0, 0.1) is 0 Å². The van der Waals surface area contributed by atoms with Crippen LogP contribution in [0.4, 0.5) is 0 Å². The van der Waals surface area contributed by atoms with Crippen LogP contribution in [0.3, 0.4) is 0 Å². The van der Waals surface area contributed by atoms with Crippen LogP contribution in [0.2, 0.25) is 5.02 Å². The van der Waals surface area contributed by atoms with E-state index in [-0.39, 0.29) is 18.0 Å². The molecule has 0 unspecified atom stereocenters. The first-order chi connectivity index (χ1) is 12.0. The first-order valence-corrected chi connectivity index (χ1v) is 8.11. The van der Waals surface area contributed by atoms with E-state index in [0.717, 1.165) is 0 Å². The zero-order valence-corrected chi connectivity index (χ0v) is 14.3. The molecule has 1 fully saturated rings. The van der Waals surface area contributed by atoms with Crippen LogP contribution < -0.4 is 9.47 Å². The second-order valence-corrected chi connectivity index (χ2v) is 6.02. The van der Waals surface area contributed by atoms with Gasteiger partial charge in [0.1, 0.15) is 11.9 Å². The Kier molecular flexibility index (Phi) is 5.14. The van der Waals surface area contributed by atoms with Crippen molar-refractivity contribution in [1.29, 1.82) is 0 Å². The Labute approximate surface area is 149 Å². The smallest absolute Gasteiger partial charge is 0.316 e. The Morgan fingerprint density at radius 3 is 2.52 bits per heavy atom. The number of carbonyl (C=O) groups is 2. The maximum Gasteiger partial charge on any atom is 0.316 e. The van der Waals surface area contributed by atoms with E-state index in [1.807, 2.05) is 0 Å². The lowest BCUT2D eigenvalue weighted by molar-refractivity contribution is -0.131. The molecule has 1 aromatic carbocycles. The summed E-state index contributed by atoms with van der Waals surface area (Å²) < 4.78 is 10.6. The lowest BCUT2D eigenvalue weighted by atomic mass is 10.2. The molecule has 0 saturated carbocycles. The summed E-state index contributed by atoms with van der Waals surface area (Å²) in [5, 5.41) is 0.438. The molecule has 0 bridgehead atoms. The Morgan fingerprint density at radius 1 is 1.20 bits per heavy atom. The SMILES string of the molecule is CC(=O)Oc1ccc(C(=O)N2CC[C@H](Oc3ncc(Cl)cn3)C2)cc1. The standard InChI is InChI=1S/C17H16ClN3O4/c1-11(22)24-14-4-2-12(3-5-14)16(23)21-7-6-15(10-21)25-17-19-8-13(18)9-20-17/h2-5,8-9,15H,6-7,10H2,1H3/t15-/m0/s1. The zero-order valence-electron chi connectivity index (χ0n) is 13.5. The second kappa shape index (κ2) is 7.48. The van der Waals surface area contributed by atoms with Crippen LogP contribution in [-0.2, 0) is 4.79 Å². The van der Waals surface area contributed by atoms with Crippen LogP contribution in [0.1, 0.15) is 23.7 Å². The highest BCUT2D eigenvalue weighted by Crippen LogP contribution is 2.19. The molecule has 1 aliphatic heterocycles. The Hall–Kier alpha value is -2.67. The van der Waals surface area contributed by atoms with Gasteiger partial charge < -0.3 is 14.4 Å². The number of hydrogen-bond acceptors (Lipinski definition) is 6. The second-order valence-electron chi connectivity index (χ2n) is 5.58. The van der Waals surface area contributed by atoms with Gasteiger partial charge in [-0.1, -0.05) is 11.6 Å². The molecule has 0 radical (unpaired) electrons. The van der Waals surface area contributed by atoms with Gasteiger partial charge in [0.2, 0.25) is 0 Å². The molecule has 7 nitrogen and oxygen atoms in total. The van der Waals surface area contributed by atoms with Gasteiger partial charge in [0.15, 0.2) is 0 Å². The molecule has 2 heterocycles. The van der Waals surface area contributed by atoms with Gasteiger partial charge in [0.05, 0.1) is 24.0 Å². The van der Waals surface area contributed by atoms with E-state index in [4.69, 9.17) is 21.1 Å². The third kappa shape index (κ3) is 4.45. The topological polar surface area (TPSA) is 81.6 Å². The van der Waals surface area contributed by atoms with Crippen molar-refractivity contribution in [2.45, 2.75) is 19.4 Å². The van der Waals surface area contributed by atoms with Crippen LogP contribution in [-0.4, -0.2) is 45.9 Å². The van der Waals surface area contributed by atoms with Crippen molar-refractivity contribution in [2.24, 2.45) is 0 Å². The fraction of sp³-hybridized carbons (Fsp3) is 0.294. The fourth-order valence-corrected chi connectivity index (χ4v) is 2.63. The minimum atomic E-state index is -0.400. The number of hydrogen-bond donors (Lipinski definition) is 0. The summed E-state index contributed by atoms with van der Waals surface area (Å²) in [4.78, 5) is 33.1. The number of halogens is 1. The van der Waals surface area contributed by atoms with Crippen molar-refractivity contribution in [3.8, 4) is 11.8 Å². The highest BCUT2D eigenvalue weighted by molar-refractivity contribution is 6.30. The number of likely N-dealkylation sites (tertiary alicyclic amines) is 1. The molecule has 0 spiro atoms. The van der Waals surface area contributed by atoms with Crippen molar-refractivity contribution >= 4 is 23.5 Å². The largest absolute Gasteiger partial charge is 0.458 e. The van der Waals surface area contributed by atoms with Gasteiger partial charge in [0, 0.05) is 25.5 Å². The molecule has 1 amide bonds. The van der Waals surface area contributed by atoms with Crippen LogP contribution in [0.15, 0.2) is 36.7 Å². The lowest BCUT2D eigenvalue weighted by Crippen LogP contribution is -2.31. The number of amides is 1. The van der Waals surface area contributed by atoms with E-state index in [2.05, 4.69) is 9.97 Å².